The lowest BCUT2D eigenvalue weighted by Gasteiger charge is -2.14. The van der Waals surface area contributed by atoms with Crippen LogP contribution >= 0.6 is 0 Å². The molecule has 0 saturated heterocycles. The van der Waals surface area contributed by atoms with E-state index in [2.05, 4.69) is 15.3 Å². The third kappa shape index (κ3) is 2.97. The van der Waals surface area contributed by atoms with E-state index in [1.54, 1.807) is 18.5 Å². The van der Waals surface area contributed by atoms with Crippen molar-refractivity contribution in [3.05, 3.63) is 72.9 Å². The van der Waals surface area contributed by atoms with E-state index in [1.807, 2.05) is 59.9 Å². The number of rotatable bonds is 4. The summed E-state index contributed by atoms with van der Waals surface area (Å²) in [7, 11) is 4.00. The number of hydrogen-bond donors (Lipinski definition) is 1. The van der Waals surface area contributed by atoms with Gasteiger partial charge in [-0.15, -0.1) is 0 Å². The highest BCUT2D eigenvalue weighted by Gasteiger charge is 2.11. The van der Waals surface area contributed by atoms with Crippen molar-refractivity contribution in [2.45, 2.75) is 0 Å². The second-order valence-electron chi connectivity index (χ2n) is 6.19. The minimum Gasteiger partial charge on any atom is -0.378 e. The Morgan fingerprint density at radius 2 is 1.88 bits per heavy atom. The van der Waals surface area contributed by atoms with Crippen LogP contribution in [0.15, 0.2) is 67.1 Å². The molecule has 0 aliphatic carbocycles. The van der Waals surface area contributed by atoms with Gasteiger partial charge in [-0.2, -0.15) is 0 Å². The number of nitrogens with zero attached hydrogens (tertiary/aromatic N) is 4. The molecule has 1 N–H and O–H groups in total. The molecule has 2 heterocycles. The summed E-state index contributed by atoms with van der Waals surface area (Å²) in [5.41, 5.74) is 4.27. The van der Waals surface area contributed by atoms with E-state index in [0.717, 1.165) is 22.6 Å². The first-order chi connectivity index (χ1) is 12.6. The third-order valence-electron chi connectivity index (χ3n) is 4.17. The van der Waals surface area contributed by atoms with Gasteiger partial charge in [-0.25, -0.2) is 14.4 Å². The van der Waals surface area contributed by atoms with E-state index in [0.29, 0.717) is 11.5 Å². The van der Waals surface area contributed by atoms with Gasteiger partial charge in [-0.05, 0) is 30.3 Å². The Morgan fingerprint density at radius 1 is 1.04 bits per heavy atom. The fourth-order valence-electron chi connectivity index (χ4n) is 2.87. The van der Waals surface area contributed by atoms with E-state index in [9.17, 15) is 4.39 Å². The number of hydrogen-bond acceptors (Lipinski definition) is 4. The lowest BCUT2D eigenvalue weighted by molar-refractivity contribution is 0.628. The first-order valence-corrected chi connectivity index (χ1v) is 8.24. The Hall–Kier alpha value is -3.41. The zero-order valence-electron chi connectivity index (χ0n) is 14.5. The molecule has 0 aliphatic rings. The Labute approximate surface area is 150 Å². The molecule has 0 saturated carbocycles. The van der Waals surface area contributed by atoms with Crippen LogP contribution in [0.25, 0.3) is 16.9 Å². The molecule has 130 valence electrons. The molecule has 4 rings (SSSR count). The molecule has 0 amide bonds. The molecular formula is C20H18FN5. The van der Waals surface area contributed by atoms with Gasteiger partial charge in [-0.3, -0.25) is 4.40 Å². The molecule has 0 atom stereocenters. The molecule has 5 nitrogen and oxygen atoms in total. The van der Waals surface area contributed by atoms with Crippen molar-refractivity contribution in [2.24, 2.45) is 0 Å². The van der Waals surface area contributed by atoms with Gasteiger partial charge in [0.15, 0.2) is 11.5 Å². The molecule has 2 aromatic carbocycles. The first kappa shape index (κ1) is 16.1. The van der Waals surface area contributed by atoms with E-state index < -0.39 is 0 Å². The second kappa shape index (κ2) is 6.48. The summed E-state index contributed by atoms with van der Waals surface area (Å²) in [5, 5.41) is 3.32. The maximum Gasteiger partial charge on any atom is 0.180 e. The third-order valence-corrected chi connectivity index (χ3v) is 4.17. The van der Waals surface area contributed by atoms with Crippen molar-refractivity contribution in [1.29, 1.82) is 0 Å². The zero-order chi connectivity index (χ0) is 18.1. The Morgan fingerprint density at radius 3 is 2.69 bits per heavy atom. The van der Waals surface area contributed by atoms with E-state index in [-0.39, 0.29) is 5.82 Å². The number of fused-ring (bicyclic) bond motifs is 1. The molecule has 2 aromatic heterocycles. The molecule has 4 aromatic rings. The highest BCUT2D eigenvalue weighted by atomic mass is 19.1. The second-order valence-corrected chi connectivity index (χ2v) is 6.19. The topological polar surface area (TPSA) is 45.5 Å². The molecule has 0 bridgehead atoms. The lowest BCUT2D eigenvalue weighted by Crippen LogP contribution is -2.08. The molecule has 0 fully saturated rings. The van der Waals surface area contributed by atoms with E-state index in [4.69, 9.17) is 0 Å². The van der Waals surface area contributed by atoms with Gasteiger partial charge in [0.1, 0.15) is 5.82 Å². The fraction of sp³-hybridized carbons (Fsp3) is 0.100. The monoisotopic (exact) mass is 347 g/mol. The lowest BCUT2D eigenvalue weighted by atomic mass is 10.1. The van der Waals surface area contributed by atoms with Crippen LogP contribution in [0.1, 0.15) is 0 Å². The summed E-state index contributed by atoms with van der Waals surface area (Å²) in [5.74, 6) is 0.372. The number of anilines is 3. The van der Waals surface area contributed by atoms with E-state index in [1.165, 1.54) is 12.1 Å². The zero-order valence-corrected chi connectivity index (χ0v) is 14.5. The maximum atomic E-state index is 13.6. The molecule has 0 radical (unpaired) electrons. The Bertz CT molecular complexity index is 1070. The summed E-state index contributed by atoms with van der Waals surface area (Å²) >= 11 is 0. The van der Waals surface area contributed by atoms with Crippen LogP contribution in [0.2, 0.25) is 0 Å². The van der Waals surface area contributed by atoms with Crippen molar-refractivity contribution in [3.8, 4) is 11.3 Å². The van der Waals surface area contributed by atoms with Crippen LogP contribution in [0.4, 0.5) is 21.6 Å². The highest BCUT2D eigenvalue weighted by molar-refractivity contribution is 5.75. The Kier molecular flexibility index (Phi) is 4.01. The smallest absolute Gasteiger partial charge is 0.180 e. The van der Waals surface area contributed by atoms with Gasteiger partial charge < -0.3 is 10.2 Å². The van der Waals surface area contributed by atoms with Crippen molar-refractivity contribution in [1.82, 2.24) is 14.4 Å². The van der Waals surface area contributed by atoms with Crippen molar-refractivity contribution >= 4 is 22.8 Å². The fourth-order valence-corrected chi connectivity index (χ4v) is 2.87. The number of halogens is 1. The average Bonchev–Trinajstić information content (AvgIpc) is 3.07. The number of imidazole rings is 1. The van der Waals surface area contributed by atoms with Crippen LogP contribution in [0.5, 0.6) is 0 Å². The molecule has 0 unspecified atom stereocenters. The summed E-state index contributed by atoms with van der Waals surface area (Å²) in [6.45, 7) is 0. The number of benzene rings is 2. The molecule has 0 aliphatic heterocycles. The molecular weight excluding hydrogens is 329 g/mol. The van der Waals surface area contributed by atoms with Crippen LogP contribution in [-0.4, -0.2) is 28.5 Å². The highest BCUT2D eigenvalue weighted by Crippen LogP contribution is 2.26. The largest absolute Gasteiger partial charge is 0.378 e. The number of nitrogens with one attached hydrogen (secondary N) is 1. The SMILES string of the molecule is CN(C)c1cccc(Nc2nccn3c(-c4cccc(F)c4)cnc23)c1. The normalized spacial score (nSPS) is 10.9. The van der Waals surface area contributed by atoms with Crippen molar-refractivity contribution in [2.75, 3.05) is 24.3 Å². The van der Waals surface area contributed by atoms with Gasteiger partial charge in [0.25, 0.3) is 0 Å². The maximum absolute atomic E-state index is 13.6. The van der Waals surface area contributed by atoms with Crippen LogP contribution < -0.4 is 10.2 Å². The van der Waals surface area contributed by atoms with Crippen LogP contribution in [0, 0.1) is 5.82 Å². The first-order valence-electron chi connectivity index (χ1n) is 8.24. The van der Waals surface area contributed by atoms with Gasteiger partial charge in [-0.1, -0.05) is 18.2 Å². The summed E-state index contributed by atoms with van der Waals surface area (Å²) in [6.07, 6.45) is 5.26. The van der Waals surface area contributed by atoms with Crippen molar-refractivity contribution in [3.63, 3.8) is 0 Å². The molecule has 26 heavy (non-hydrogen) atoms. The Balaban J connectivity index is 1.75. The van der Waals surface area contributed by atoms with Crippen LogP contribution in [-0.2, 0) is 0 Å². The van der Waals surface area contributed by atoms with Gasteiger partial charge in [0.05, 0.1) is 11.9 Å². The minimum atomic E-state index is -0.273. The summed E-state index contributed by atoms with van der Waals surface area (Å²) in [4.78, 5) is 10.9. The minimum absolute atomic E-state index is 0.273. The number of aromatic nitrogens is 3. The summed E-state index contributed by atoms with van der Waals surface area (Å²) < 4.78 is 15.5. The van der Waals surface area contributed by atoms with Gasteiger partial charge >= 0.3 is 0 Å². The van der Waals surface area contributed by atoms with Gasteiger partial charge in [0, 0.05) is 43.4 Å². The standard InChI is InChI=1S/C20H18FN5/c1-25(2)17-8-4-7-16(12-17)24-19-20-23-13-18(26(20)10-9-22-19)14-5-3-6-15(21)11-14/h3-13H,1-2H3,(H,22,24). The van der Waals surface area contributed by atoms with Crippen molar-refractivity contribution < 1.29 is 4.39 Å². The predicted molar refractivity (Wildman–Crippen MR) is 102 cm³/mol. The quantitative estimate of drug-likeness (QED) is 0.596. The molecule has 0 spiro atoms. The summed E-state index contributed by atoms with van der Waals surface area (Å²) in [6, 6.07) is 14.5. The van der Waals surface area contributed by atoms with E-state index >= 15 is 0 Å². The molecule has 6 heteroatoms. The van der Waals surface area contributed by atoms with Gasteiger partial charge in [0.2, 0.25) is 0 Å². The van der Waals surface area contributed by atoms with Crippen LogP contribution in [0.3, 0.4) is 0 Å². The average molecular weight is 347 g/mol. The predicted octanol–water partition coefficient (Wildman–Crippen LogP) is 4.35.